The van der Waals surface area contributed by atoms with Gasteiger partial charge in [-0.2, -0.15) is 13.2 Å². The minimum absolute atomic E-state index is 0.179. The van der Waals surface area contributed by atoms with E-state index < -0.39 is 42.6 Å². The number of nitrogens with zero attached hydrogens (tertiary/aromatic N) is 2. The second kappa shape index (κ2) is 6.65. The third kappa shape index (κ3) is 3.44. The van der Waals surface area contributed by atoms with Crippen molar-refractivity contribution in [3.8, 4) is 0 Å². The number of imidazole rings is 1. The highest BCUT2D eigenvalue weighted by Crippen LogP contribution is 2.40. The highest BCUT2D eigenvalue weighted by Gasteiger charge is 2.58. The van der Waals surface area contributed by atoms with Gasteiger partial charge in [0.15, 0.2) is 5.82 Å². The molecule has 2 aromatic heterocycles. The van der Waals surface area contributed by atoms with Crippen molar-refractivity contribution in [3.63, 3.8) is 0 Å². The molecule has 0 fully saturated rings. The van der Waals surface area contributed by atoms with Gasteiger partial charge in [0, 0.05) is 19.4 Å². The Hall–Kier alpha value is -2.33. The van der Waals surface area contributed by atoms with Crippen LogP contribution < -0.4 is 5.32 Å². The molecule has 2 atom stereocenters. The van der Waals surface area contributed by atoms with E-state index in [0.717, 1.165) is 10.8 Å². The number of hydrogen-bond donors (Lipinski definition) is 3. The number of alkyl halides is 3. The molecule has 1 amide bonds. The van der Waals surface area contributed by atoms with E-state index in [0.29, 0.717) is 0 Å². The second-order valence-corrected chi connectivity index (χ2v) is 5.21. The first-order valence-electron chi connectivity index (χ1n) is 6.89. The van der Waals surface area contributed by atoms with Gasteiger partial charge in [0.05, 0.1) is 19.3 Å². The molecule has 2 unspecified atom stereocenters. The lowest BCUT2D eigenvalue weighted by molar-refractivity contribution is -0.271. The Kier molecular flexibility index (Phi) is 4.99. The zero-order valence-electron chi connectivity index (χ0n) is 12.6. The molecule has 2 aromatic rings. The number of amides is 1. The molecule has 10 heteroatoms. The quantitative estimate of drug-likeness (QED) is 0.724. The molecule has 0 aromatic carbocycles. The number of hydrogen-bond acceptors (Lipinski definition) is 5. The van der Waals surface area contributed by atoms with Crippen LogP contribution in [-0.4, -0.2) is 38.5 Å². The summed E-state index contributed by atoms with van der Waals surface area (Å²) in [6, 6.07) is 1.94. The van der Waals surface area contributed by atoms with E-state index in [4.69, 9.17) is 4.42 Å². The maximum Gasteiger partial charge on any atom is 0.425 e. The molecule has 0 spiro atoms. The molecule has 3 N–H and O–H groups in total. The Morgan fingerprint density at radius 3 is 2.67 bits per heavy atom. The van der Waals surface area contributed by atoms with Crippen LogP contribution in [0.1, 0.15) is 24.0 Å². The average Bonchev–Trinajstić information content (AvgIpc) is 3.14. The largest absolute Gasteiger partial charge is 0.467 e. The van der Waals surface area contributed by atoms with Crippen LogP contribution in [-0.2, 0) is 17.4 Å². The zero-order chi connectivity index (χ0) is 18.0. The molecule has 0 aliphatic rings. The van der Waals surface area contributed by atoms with Crippen LogP contribution in [0, 0.1) is 0 Å². The van der Waals surface area contributed by atoms with Crippen molar-refractivity contribution < 1.29 is 32.6 Å². The van der Waals surface area contributed by atoms with Crippen molar-refractivity contribution in [1.29, 1.82) is 0 Å². The van der Waals surface area contributed by atoms with E-state index in [-0.39, 0.29) is 5.76 Å². The molecule has 0 radical (unpaired) electrons. The second-order valence-electron chi connectivity index (χ2n) is 5.21. The van der Waals surface area contributed by atoms with Gasteiger partial charge in [0.2, 0.25) is 11.5 Å². The molecule has 7 nitrogen and oxygen atoms in total. The normalized spacial score (nSPS) is 15.8. The molecule has 0 bridgehead atoms. The van der Waals surface area contributed by atoms with Gasteiger partial charge >= 0.3 is 6.18 Å². The molecule has 2 heterocycles. The van der Waals surface area contributed by atoms with Crippen LogP contribution >= 0.6 is 0 Å². The van der Waals surface area contributed by atoms with Crippen molar-refractivity contribution in [2.24, 2.45) is 7.05 Å². The van der Waals surface area contributed by atoms with E-state index in [1.807, 2.05) is 0 Å². The highest BCUT2D eigenvalue weighted by molar-refractivity contribution is 5.77. The predicted octanol–water partition coefficient (Wildman–Crippen LogP) is 1.00. The topological polar surface area (TPSA) is 101 Å². The number of aliphatic hydroxyl groups is 2. The van der Waals surface area contributed by atoms with Gasteiger partial charge in [-0.05, 0) is 12.1 Å². The smallest absolute Gasteiger partial charge is 0.425 e. The van der Waals surface area contributed by atoms with Crippen molar-refractivity contribution in [2.75, 3.05) is 6.61 Å². The van der Waals surface area contributed by atoms with Crippen LogP contribution in [0.5, 0.6) is 0 Å². The number of aryl methyl sites for hydroxylation is 1. The summed E-state index contributed by atoms with van der Waals surface area (Å²) in [5.74, 6) is -1.64. The predicted molar refractivity (Wildman–Crippen MR) is 74.5 cm³/mol. The standard InChI is InChI=1S/C14H16F3N3O4/c1-20-5-4-18-12(20)13(23,14(15,16)17)7-11(22)19-9(8-21)10-3-2-6-24-10/h2-6,9,21,23H,7-8H2,1H3,(H,19,22). The summed E-state index contributed by atoms with van der Waals surface area (Å²) in [7, 11) is 1.27. The highest BCUT2D eigenvalue weighted by atomic mass is 19.4. The van der Waals surface area contributed by atoms with Crippen molar-refractivity contribution in [3.05, 3.63) is 42.4 Å². The molecule has 2 rings (SSSR count). The van der Waals surface area contributed by atoms with E-state index in [2.05, 4.69) is 10.3 Å². The van der Waals surface area contributed by atoms with E-state index >= 15 is 0 Å². The van der Waals surface area contributed by atoms with Crippen LogP contribution in [0.3, 0.4) is 0 Å². The number of furan rings is 1. The van der Waals surface area contributed by atoms with Gasteiger partial charge in [-0.25, -0.2) is 4.98 Å². The minimum Gasteiger partial charge on any atom is -0.467 e. The number of carbonyl (C=O) groups is 1. The minimum atomic E-state index is -5.12. The van der Waals surface area contributed by atoms with Crippen molar-refractivity contribution in [1.82, 2.24) is 14.9 Å². The SMILES string of the molecule is Cn1ccnc1C(O)(CC(=O)NC(CO)c1ccco1)C(F)(F)F. The summed E-state index contributed by atoms with van der Waals surface area (Å²) in [4.78, 5) is 15.5. The lowest BCUT2D eigenvalue weighted by Crippen LogP contribution is -2.48. The summed E-state index contributed by atoms with van der Waals surface area (Å²) < 4.78 is 46.0. The Morgan fingerprint density at radius 2 is 2.21 bits per heavy atom. The van der Waals surface area contributed by atoms with Gasteiger partial charge in [-0.1, -0.05) is 0 Å². The summed E-state index contributed by atoms with van der Waals surface area (Å²) in [6.45, 7) is -0.577. The lowest BCUT2D eigenvalue weighted by atomic mass is 9.97. The first kappa shape index (κ1) is 18.0. The monoisotopic (exact) mass is 347 g/mol. The maximum atomic E-state index is 13.3. The van der Waals surface area contributed by atoms with Gasteiger partial charge in [0.25, 0.3) is 0 Å². The van der Waals surface area contributed by atoms with Crippen LogP contribution in [0.15, 0.2) is 35.2 Å². The molecule has 0 saturated carbocycles. The number of carbonyl (C=O) groups excluding carboxylic acids is 1. The van der Waals surface area contributed by atoms with Crippen LogP contribution in [0.25, 0.3) is 0 Å². The van der Waals surface area contributed by atoms with Gasteiger partial charge in [-0.3, -0.25) is 4.79 Å². The maximum absolute atomic E-state index is 13.3. The first-order valence-corrected chi connectivity index (χ1v) is 6.89. The summed E-state index contributed by atoms with van der Waals surface area (Å²) in [5, 5.41) is 21.6. The van der Waals surface area contributed by atoms with Crippen molar-refractivity contribution in [2.45, 2.75) is 24.2 Å². The lowest BCUT2D eigenvalue weighted by Gasteiger charge is -2.29. The third-order valence-electron chi connectivity index (χ3n) is 3.48. The van der Waals surface area contributed by atoms with Gasteiger partial charge in [0.1, 0.15) is 11.8 Å². The number of rotatable bonds is 6. The Morgan fingerprint density at radius 1 is 1.50 bits per heavy atom. The molecular formula is C14H16F3N3O4. The Bertz CT molecular complexity index is 684. The van der Waals surface area contributed by atoms with Crippen molar-refractivity contribution >= 4 is 5.91 Å². The van der Waals surface area contributed by atoms with Gasteiger partial charge < -0.3 is 24.5 Å². The zero-order valence-corrected chi connectivity index (χ0v) is 12.6. The number of halogens is 3. The molecular weight excluding hydrogens is 331 g/mol. The summed E-state index contributed by atoms with van der Waals surface area (Å²) in [6.07, 6.45) is -2.82. The average molecular weight is 347 g/mol. The Balaban J connectivity index is 2.21. The summed E-state index contributed by atoms with van der Waals surface area (Å²) in [5.41, 5.74) is -3.46. The fourth-order valence-electron chi connectivity index (χ4n) is 2.24. The number of aliphatic hydroxyl groups excluding tert-OH is 1. The third-order valence-corrected chi connectivity index (χ3v) is 3.48. The molecule has 0 aliphatic heterocycles. The van der Waals surface area contributed by atoms with Crippen LogP contribution in [0.4, 0.5) is 13.2 Å². The number of aromatic nitrogens is 2. The van der Waals surface area contributed by atoms with Gasteiger partial charge in [-0.15, -0.1) is 0 Å². The Labute approximate surface area is 134 Å². The molecule has 132 valence electrons. The molecule has 24 heavy (non-hydrogen) atoms. The first-order chi connectivity index (χ1) is 11.2. The molecule has 0 saturated heterocycles. The number of nitrogens with one attached hydrogen (secondary N) is 1. The van der Waals surface area contributed by atoms with E-state index in [9.17, 15) is 28.2 Å². The molecule has 0 aliphatic carbocycles. The van der Waals surface area contributed by atoms with E-state index in [1.54, 1.807) is 0 Å². The summed E-state index contributed by atoms with van der Waals surface area (Å²) >= 11 is 0. The fraction of sp³-hybridized carbons (Fsp3) is 0.429. The fourth-order valence-corrected chi connectivity index (χ4v) is 2.24. The van der Waals surface area contributed by atoms with E-state index in [1.165, 1.54) is 31.6 Å². The van der Waals surface area contributed by atoms with Crippen LogP contribution in [0.2, 0.25) is 0 Å².